The van der Waals surface area contributed by atoms with Crippen molar-refractivity contribution in [3.63, 3.8) is 0 Å². The zero-order valence-electron chi connectivity index (χ0n) is 17.2. The van der Waals surface area contributed by atoms with Crippen LogP contribution in [-0.2, 0) is 16.6 Å². The molecule has 2 aromatic carbocycles. The molecule has 32 heavy (non-hydrogen) atoms. The van der Waals surface area contributed by atoms with Gasteiger partial charge in [-0.15, -0.1) is 12.3 Å². The van der Waals surface area contributed by atoms with E-state index < -0.39 is 10.0 Å². The molecular weight excluding hydrogens is 444 g/mol. The Hall–Kier alpha value is -3.50. The first-order valence-electron chi connectivity index (χ1n) is 9.59. The highest BCUT2D eigenvalue weighted by molar-refractivity contribution is 7.91. The maximum absolute atomic E-state index is 12.2. The fraction of sp³-hybridized carbons (Fsp3) is 0.174. The Morgan fingerprint density at radius 3 is 2.91 bits per heavy atom. The molecule has 4 N–H and O–H groups in total. The van der Waals surface area contributed by atoms with E-state index in [1.165, 1.54) is 15.6 Å². The van der Waals surface area contributed by atoms with Crippen LogP contribution in [0.1, 0.15) is 17.5 Å². The number of benzene rings is 2. The number of aromatic nitrogens is 1. The Labute approximate surface area is 191 Å². The number of anilines is 2. The number of thiazole rings is 1. The summed E-state index contributed by atoms with van der Waals surface area (Å²) in [5.74, 6) is 8.52. The Balaban J connectivity index is 1.67. The number of rotatable bonds is 8. The van der Waals surface area contributed by atoms with Gasteiger partial charge < -0.3 is 16.2 Å². The number of hydrogen-bond acceptors (Lipinski definition) is 7. The molecule has 0 amide bonds. The second kappa shape index (κ2) is 10.2. The first-order valence-corrected chi connectivity index (χ1v) is 11.9. The Bertz CT molecular complexity index is 1350. The summed E-state index contributed by atoms with van der Waals surface area (Å²) in [6, 6.07) is 10.8. The van der Waals surface area contributed by atoms with Crippen molar-refractivity contribution >= 4 is 42.4 Å². The van der Waals surface area contributed by atoms with E-state index in [0.717, 1.165) is 21.4 Å². The number of hydrogen-bond donors (Lipinski definition) is 3. The van der Waals surface area contributed by atoms with Crippen LogP contribution in [0.5, 0.6) is 5.75 Å². The third-order valence-electron chi connectivity index (χ3n) is 4.47. The van der Waals surface area contributed by atoms with E-state index in [-0.39, 0.29) is 18.8 Å². The van der Waals surface area contributed by atoms with Crippen molar-refractivity contribution in [1.29, 1.82) is 0 Å². The summed E-state index contributed by atoms with van der Waals surface area (Å²) in [5.41, 5.74) is 8.44. The molecule has 0 spiro atoms. The van der Waals surface area contributed by atoms with Crippen molar-refractivity contribution in [1.82, 2.24) is 9.29 Å². The monoisotopic (exact) mass is 466 g/mol. The minimum absolute atomic E-state index is 0.0456. The first kappa shape index (κ1) is 23.2. The zero-order chi connectivity index (χ0) is 23.1. The van der Waals surface area contributed by atoms with Crippen LogP contribution in [0, 0.1) is 24.2 Å². The van der Waals surface area contributed by atoms with Gasteiger partial charge in [-0.1, -0.05) is 41.9 Å². The highest BCUT2D eigenvalue weighted by Crippen LogP contribution is 2.31. The predicted octanol–water partition coefficient (Wildman–Crippen LogP) is 3.35. The quantitative estimate of drug-likeness (QED) is 0.440. The average molecular weight is 467 g/mol. The number of nitrogens with zero attached hydrogens (tertiary/aromatic N) is 2. The van der Waals surface area contributed by atoms with Crippen LogP contribution in [0.15, 0.2) is 48.4 Å². The molecule has 0 unspecified atom stereocenters. The van der Waals surface area contributed by atoms with E-state index in [4.69, 9.17) is 12.2 Å². The second-order valence-corrected chi connectivity index (χ2v) is 9.69. The van der Waals surface area contributed by atoms with Crippen molar-refractivity contribution in [3.05, 3.63) is 59.5 Å². The van der Waals surface area contributed by atoms with Crippen LogP contribution < -0.4 is 11.1 Å². The lowest BCUT2D eigenvalue weighted by Crippen LogP contribution is -2.29. The van der Waals surface area contributed by atoms with Gasteiger partial charge >= 0.3 is 0 Å². The summed E-state index contributed by atoms with van der Waals surface area (Å²) in [6.45, 7) is 4.15. The van der Waals surface area contributed by atoms with Gasteiger partial charge in [-0.3, -0.25) is 0 Å². The highest BCUT2D eigenvalue weighted by atomic mass is 32.2. The van der Waals surface area contributed by atoms with Crippen LogP contribution >= 0.6 is 11.3 Å². The number of phenolic OH excluding ortho intramolecular Hbond substituents is 1. The number of aromatic hydroxyl groups is 1. The number of nitrogens with two attached hydrogens (primary N) is 1. The molecule has 0 saturated carbocycles. The molecule has 9 heteroatoms. The van der Waals surface area contributed by atoms with Crippen LogP contribution in [-0.4, -0.2) is 35.9 Å². The lowest BCUT2D eigenvalue weighted by atomic mass is 10.2. The third-order valence-corrected chi connectivity index (χ3v) is 6.75. The molecule has 7 nitrogen and oxygen atoms in total. The van der Waals surface area contributed by atoms with Gasteiger partial charge in [-0.25, -0.2) is 13.4 Å². The molecule has 0 aliphatic heterocycles. The average Bonchev–Trinajstić information content (AvgIpc) is 3.15. The minimum atomic E-state index is -3.59. The van der Waals surface area contributed by atoms with Crippen LogP contribution in [0.4, 0.5) is 10.8 Å². The van der Waals surface area contributed by atoms with Crippen molar-refractivity contribution in [3.8, 4) is 29.9 Å². The van der Waals surface area contributed by atoms with Crippen molar-refractivity contribution in [2.24, 2.45) is 0 Å². The van der Waals surface area contributed by atoms with E-state index in [2.05, 4.69) is 34.6 Å². The van der Waals surface area contributed by atoms with Crippen LogP contribution in [0.3, 0.4) is 0 Å². The predicted molar refractivity (Wildman–Crippen MR) is 130 cm³/mol. The van der Waals surface area contributed by atoms with Gasteiger partial charge in [-0.2, -0.15) is 4.31 Å². The van der Waals surface area contributed by atoms with Crippen molar-refractivity contribution in [2.45, 2.75) is 13.0 Å². The van der Waals surface area contributed by atoms with Crippen LogP contribution in [0.2, 0.25) is 0 Å². The van der Waals surface area contributed by atoms with Crippen molar-refractivity contribution in [2.75, 3.05) is 24.1 Å². The molecule has 1 heterocycles. The maximum Gasteiger partial charge on any atom is 0.235 e. The smallest absolute Gasteiger partial charge is 0.235 e. The van der Waals surface area contributed by atoms with E-state index in [0.29, 0.717) is 29.2 Å². The van der Waals surface area contributed by atoms with E-state index in [1.807, 2.05) is 30.3 Å². The fourth-order valence-electron chi connectivity index (χ4n) is 2.97. The van der Waals surface area contributed by atoms with E-state index in [9.17, 15) is 13.5 Å². The largest absolute Gasteiger partial charge is 0.506 e. The van der Waals surface area contributed by atoms with Gasteiger partial charge in [0.25, 0.3) is 0 Å². The summed E-state index contributed by atoms with van der Waals surface area (Å²) in [6.07, 6.45) is 5.60. The van der Waals surface area contributed by atoms with Crippen LogP contribution in [0.25, 0.3) is 10.2 Å². The standard InChI is InChI=1S/C23H22N4O3S2/c1-3-5-12-27(32(29,30)4-2)16-18-8-6-10-19(13-18)25-11-7-9-17-14-20(28)22-21(15-17)31-23(24)26-22/h1,4,6,8,10,13-15,25,28H,2,5,11-12,16H2,(H2,24,26). The topological polar surface area (TPSA) is 109 Å². The Kier molecular flexibility index (Phi) is 7.39. The summed E-state index contributed by atoms with van der Waals surface area (Å²) in [5, 5.41) is 14.6. The number of terminal acetylenes is 1. The van der Waals surface area contributed by atoms with Gasteiger partial charge in [0.2, 0.25) is 10.0 Å². The van der Waals surface area contributed by atoms with Gasteiger partial charge in [0.05, 0.1) is 11.2 Å². The molecule has 0 radical (unpaired) electrons. The molecule has 0 fully saturated rings. The maximum atomic E-state index is 12.2. The third kappa shape index (κ3) is 5.80. The van der Waals surface area contributed by atoms with E-state index >= 15 is 0 Å². The second-order valence-electron chi connectivity index (χ2n) is 6.75. The molecule has 3 aromatic rings. The lowest BCUT2D eigenvalue weighted by Gasteiger charge is -2.19. The van der Waals surface area contributed by atoms with Crippen molar-refractivity contribution < 1.29 is 13.5 Å². The van der Waals surface area contributed by atoms with E-state index in [1.54, 1.807) is 6.07 Å². The zero-order valence-corrected chi connectivity index (χ0v) is 18.8. The molecule has 0 bridgehead atoms. The number of nitrogens with one attached hydrogen (secondary N) is 1. The molecular formula is C23H22N4O3S2. The minimum Gasteiger partial charge on any atom is -0.506 e. The first-order chi connectivity index (χ1) is 15.3. The Morgan fingerprint density at radius 2 is 2.16 bits per heavy atom. The number of sulfonamides is 1. The number of fused-ring (bicyclic) bond motifs is 1. The number of nitrogen functional groups attached to an aromatic ring is 1. The highest BCUT2D eigenvalue weighted by Gasteiger charge is 2.18. The fourth-order valence-corrected chi connectivity index (χ4v) is 4.65. The SMILES string of the molecule is C#CCCN(Cc1cccc(NCC#Cc2cc(O)c3nc(N)sc3c2)c1)S(=O)(=O)C=C. The molecule has 0 saturated heterocycles. The normalized spacial score (nSPS) is 11.0. The van der Waals surface area contributed by atoms with Gasteiger partial charge in [0.1, 0.15) is 11.3 Å². The molecule has 1 aromatic heterocycles. The molecule has 0 aliphatic carbocycles. The molecule has 164 valence electrons. The molecule has 3 rings (SSSR count). The molecule has 0 atom stereocenters. The summed E-state index contributed by atoms with van der Waals surface area (Å²) in [7, 11) is -3.59. The summed E-state index contributed by atoms with van der Waals surface area (Å²) < 4.78 is 26.5. The van der Waals surface area contributed by atoms with Gasteiger partial charge in [0.15, 0.2) is 5.13 Å². The number of phenols is 1. The van der Waals surface area contributed by atoms with Gasteiger partial charge in [0, 0.05) is 36.2 Å². The Morgan fingerprint density at radius 1 is 1.34 bits per heavy atom. The lowest BCUT2D eigenvalue weighted by molar-refractivity contribution is 0.420. The van der Waals surface area contributed by atoms with Gasteiger partial charge in [-0.05, 0) is 29.8 Å². The molecule has 0 aliphatic rings. The summed E-state index contributed by atoms with van der Waals surface area (Å²) >= 11 is 1.29. The summed E-state index contributed by atoms with van der Waals surface area (Å²) in [4.78, 5) is 4.09.